The molecule has 0 unspecified atom stereocenters. The third kappa shape index (κ3) is 3.45. The van der Waals surface area contributed by atoms with E-state index in [2.05, 4.69) is 27.7 Å². The minimum Gasteiger partial charge on any atom is -0.345 e. The minimum atomic E-state index is -0.515. The van der Waals surface area contributed by atoms with Crippen LogP contribution in [0.25, 0.3) is 0 Å². The van der Waals surface area contributed by atoms with Gasteiger partial charge in [-0.1, -0.05) is 50.0 Å². The van der Waals surface area contributed by atoms with Crippen LogP contribution < -0.4 is 10.6 Å². The van der Waals surface area contributed by atoms with Gasteiger partial charge in [-0.25, -0.2) is 14.8 Å². The number of benzene rings is 1. The Morgan fingerprint density at radius 3 is 2.74 bits per heavy atom. The molecule has 0 spiro atoms. The summed E-state index contributed by atoms with van der Waals surface area (Å²) in [5.41, 5.74) is 3.60. The van der Waals surface area contributed by atoms with E-state index in [1.54, 1.807) is 0 Å². The van der Waals surface area contributed by atoms with Crippen LogP contribution in [0.2, 0.25) is 0 Å². The molecule has 0 saturated carbocycles. The van der Waals surface area contributed by atoms with Crippen LogP contribution in [-0.2, 0) is 9.63 Å². The molecule has 7 nitrogen and oxygen atoms in total. The van der Waals surface area contributed by atoms with Crippen molar-refractivity contribution in [2.24, 2.45) is 15.2 Å². The van der Waals surface area contributed by atoms with Gasteiger partial charge in [0.05, 0.1) is 5.69 Å². The van der Waals surface area contributed by atoms with Crippen molar-refractivity contribution in [3.63, 3.8) is 0 Å². The first-order valence-corrected chi connectivity index (χ1v) is 7.85. The number of anilines is 1. The van der Waals surface area contributed by atoms with Gasteiger partial charge in [0.2, 0.25) is 5.82 Å². The van der Waals surface area contributed by atoms with Gasteiger partial charge in [-0.3, -0.25) is 0 Å². The molecule has 0 aliphatic carbocycles. The average molecular weight is 313 g/mol. The number of carbonyl (C=O) groups excluding carboxylic acids is 1. The lowest BCUT2D eigenvalue weighted by molar-refractivity contribution is -0.140. The number of para-hydroxylation sites is 1. The summed E-state index contributed by atoms with van der Waals surface area (Å²) in [4.78, 5) is 21.3. The van der Waals surface area contributed by atoms with Gasteiger partial charge in [0.1, 0.15) is 0 Å². The Balaban J connectivity index is 1.78. The third-order valence-corrected chi connectivity index (χ3v) is 3.62. The predicted molar refractivity (Wildman–Crippen MR) is 86.2 cm³/mol. The van der Waals surface area contributed by atoms with E-state index < -0.39 is 5.97 Å². The maximum atomic E-state index is 12.0. The van der Waals surface area contributed by atoms with E-state index >= 15 is 0 Å². The van der Waals surface area contributed by atoms with Crippen molar-refractivity contribution in [2.75, 3.05) is 5.01 Å². The first-order chi connectivity index (χ1) is 11.3. The van der Waals surface area contributed by atoms with Crippen LogP contribution in [0.5, 0.6) is 0 Å². The number of nitrogens with zero attached hydrogens (tertiary/aromatic N) is 4. The fourth-order valence-electron chi connectivity index (χ4n) is 2.41. The molecule has 3 rings (SSSR count). The third-order valence-electron chi connectivity index (χ3n) is 3.62. The van der Waals surface area contributed by atoms with Crippen molar-refractivity contribution in [3.05, 3.63) is 41.8 Å². The monoisotopic (exact) mass is 313 g/mol. The second-order valence-electron chi connectivity index (χ2n) is 5.36. The molecule has 2 aliphatic rings. The van der Waals surface area contributed by atoms with Crippen LogP contribution in [0, 0.1) is 0 Å². The fraction of sp³-hybridized carbons (Fsp3) is 0.375. The van der Waals surface area contributed by atoms with E-state index in [-0.39, 0.29) is 11.5 Å². The quantitative estimate of drug-likeness (QED) is 0.644. The molecule has 1 aromatic carbocycles. The number of hydrazine groups is 1. The Labute approximate surface area is 134 Å². The number of aliphatic imine (C=N–C) groups is 1. The van der Waals surface area contributed by atoms with Crippen LogP contribution in [-0.4, -0.2) is 11.8 Å². The molecular formula is C16H19N5O2. The van der Waals surface area contributed by atoms with Gasteiger partial charge < -0.3 is 4.84 Å². The van der Waals surface area contributed by atoms with Gasteiger partial charge in [-0.05, 0) is 18.6 Å². The maximum Gasteiger partial charge on any atom is 0.380 e. The summed E-state index contributed by atoms with van der Waals surface area (Å²) in [5.74, 6) is 0.435. The number of azo groups is 1. The molecule has 1 aromatic rings. The molecule has 1 N–H and O–H groups in total. The molecule has 0 radical (unpaired) electrons. The predicted octanol–water partition coefficient (Wildman–Crippen LogP) is 3.47. The second kappa shape index (κ2) is 7.15. The molecule has 23 heavy (non-hydrogen) atoms. The lowest BCUT2D eigenvalue weighted by Gasteiger charge is -2.14. The number of rotatable bonds is 6. The summed E-state index contributed by atoms with van der Waals surface area (Å²) in [5, 5.41) is 9.65. The van der Waals surface area contributed by atoms with E-state index in [0.717, 1.165) is 24.9 Å². The van der Waals surface area contributed by atoms with Crippen LogP contribution in [0.3, 0.4) is 0 Å². The van der Waals surface area contributed by atoms with Crippen LogP contribution in [0.1, 0.15) is 39.0 Å². The molecule has 0 amide bonds. The molecular weight excluding hydrogens is 294 g/mol. The second-order valence-corrected chi connectivity index (χ2v) is 5.36. The van der Waals surface area contributed by atoms with Crippen LogP contribution in [0.4, 0.5) is 5.69 Å². The summed E-state index contributed by atoms with van der Waals surface area (Å²) in [6.07, 6.45) is 5.34. The van der Waals surface area contributed by atoms with Crippen LogP contribution in [0.15, 0.2) is 57.1 Å². The number of hydrogen-bond donors (Lipinski definition) is 1. The Kier molecular flexibility index (Phi) is 4.77. The highest BCUT2D eigenvalue weighted by molar-refractivity contribution is 5.96. The molecule has 0 atom stereocenters. The molecule has 0 aromatic heterocycles. The van der Waals surface area contributed by atoms with Gasteiger partial charge in [0, 0.05) is 6.42 Å². The maximum absolute atomic E-state index is 12.0. The Hall–Kier alpha value is -2.54. The molecule has 1 saturated heterocycles. The number of nitrogens with one attached hydrogen (secondary N) is 1. The van der Waals surface area contributed by atoms with Gasteiger partial charge in [0.25, 0.3) is 0 Å². The molecule has 120 valence electrons. The molecule has 1 fully saturated rings. The number of hydrogen-bond acceptors (Lipinski definition) is 7. The lowest BCUT2D eigenvalue weighted by Crippen LogP contribution is -2.29. The Morgan fingerprint density at radius 1 is 1.13 bits per heavy atom. The van der Waals surface area contributed by atoms with Crippen molar-refractivity contribution < 1.29 is 9.63 Å². The van der Waals surface area contributed by atoms with Gasteiger partial charge >= 0.3 is 5.97 Å². The van der Waals surface area contributed by atoms with Crippen LogP contribution >= 0.6 is 0 Å². The van der Waals surface area contributed by atoms with E-state index in [0.29, 0.717) is 5.84 Å². The van der Waals surface area contributed by atoms with Crippen molar-refractivity contribution in [2.45, 2.75) is 39.0 Å². The number of carbonyl (C=O) groups is 1. The minimum absolute atomic E-state index is 0.253. The van der Waals surface area contributed by atoms with Gasteiger partial charge in [-0.15, -0.1) is 10.2 Å². The molecule has 2 heterocycles. The summed E-state index contributed by atoms with van der Waals surface area (Å²) < 4.78 is 0. The lowest BCUT2D eigenvalue weighted by atomic mass is 10.1. The highest BCUT2D eigenvalue weighted by Crippen LogP contribution is 2.27. The summed E-state index contributed by atoms with van der Waals surface area (Å²) >= 11 is 0. The first kappa shape index (κ1) is 15.4. The normalized spacial score (nSPS) is 20.1. The van der Waals surface area contributed by atoms with E-state index in [1.807, 2.05) is 30.3 Å². The van der Waals surface area contributed by atoms with Crippen molar-refractivity contribution in [1.29, 1.82) is 0 Å². The number of unbranched alkanes of at least 4 members (excludes halogenated alkanes) is 3. The summed E-state index contributed by atoms with van der Waals surface area (Å²) in [6.45, 7) is 2.17. The smallest absolute Gasteiger partial charge is 0.345 e. The molecule has 7 heteroatoms. The topological polar surface area (TPSA) is 78.6 Å². The van der Waals surface area contributed by atoms with E-state index in [1.165, 1.54) is 17.9 Å². The van der Waals surface area contributed by atoms with Gasteiger partial charge in [-0.2, -0.15) is 0 Å². The zero-order valence-corrected chi connectivity index (χ0v) is 13.0. The zero-order chi connectivity index (χ0) is 16.1. The first-order valence-electron chi connectivity index (χ1n) is 7.85. The van der Waals surface area contributed by atoms with Crippen molar-refractivity contribution in [3.8, 4) is 0 Å². The fourth-order valence-corrected chi connectivity index (χ4v) is 2.41. The standard InChI is InChI=1S/C16H19N5O2/c1-2-3-4-8-11-13-17-15(19-18-13)14-16(22)23-20-21(14)12-9-6-5-7-10-12/h5-7,9-10,20H,2-4,8,11H2,1H3. The summed E-state index contributed by atoms with van der Waals surface area (Å²) in [7, 11) is 0. The van der Waals surface area contributed by atoms with E-state index in [4.69, 9.17) is 4.84 Å². The van der Waals surface area contributed by atoms with Crippen molar-refractivity contribution in [1.82, 2.24) is 5.59 Å². The zero-order valence-electron chi connectivity index (χ0n) is 13.0. The average Bonchev–Trinajstić information content (AvgIpc) is 3.19. The van der Waals surface area contributed by atoms with Gasteiger partial charge in [0.15, 0.2) is 11.5 Å². The Bertz CT molecular complexity index is 666. The number of amidine groups is 1. The summed E-state index contributed by atoms with van der Waals surface area (Å²) in [6, 6.07) is 9.37. The molecule has 0 bridgehead atoms. The Morgan fingerprint density at radius 2 is 1.96 bits per heavy atom. The largest absolute Gasteiger partial charge is 0.380 e. The van der Waals surface area contributed by atoms with E-state index in [9.17, 15) is 4.79 Å². The highest BCUT2D eigenvalue weighted by Gasteiger charge is 2.34. The highest BCUT2D eigenvalue weighted by atomic mass is 16.7. The SMILES string of the molecule is CCCCCCC1=NC(=C2C(=O)ONN2c2ccccc2)N=N1. The van der Waals surface area contributed by atoms with Crippen molar-refractivity contribution >= 4 is 17.5 Å². The molecule has 2 aliphatic heterocycles.